The molecule has 0 saturated heterocycles. The summed E-state index contributed by atoms with van der Waals surface area (Å²) in [6, 6.07) is 9.67. The van der Waals surface area contributed by atoms with Crippen molar-refractivity contribution in [1.82, 2.24) is 0 Å². The van der Waals surface area contributed by atoms with Gasteiger partial charge in [0, 0.05) is 14.5 Å². The number of hydrogen-bond acceptors (Lipinski definition) is 4. The number of ether oxygens (including phenoxy) is 1. The number of anilines is 1. The Morgan fingerprint density at radius 3 is 2.25 bits per heavy atom. The van der Waals surface area contributed by atoms with Crippen LogP contribution < -0.4 is 5.32 Å². The average Bonchev–Trinajstić information content (AvgIpc) is 2.56. The summed E-state index contributed by atoms with van der Waals surface area (Å²) in [5.41, 5.74) is 2.32. The summed E-state index contributed by atoms with van der Waals surface area (Å²) in [5.74, 6) is -1.09. The molecular formula is C17H13Br2NO4. The number of aldehydes is 1. The SMILES string of the molecule is Cc1cc(Br)c(NC(=O)COC(=O)c2ccc(C=O)cc2)c(Br)c1. The Kier molecular flexibility index (Phi) is 6.28. The van der Waals surface area contributed by atoms with Crippen molar-refractivity contribution in [1.29, 1.82) is 0 Å². The Bertz CT molecular complexity index is 765. The highest BCUT2D eigenvalue weighted by Gasteiger charge is 2.13. The first kappa shape index (κ1) is 18.4. The topological polar surface area (TPSA) is 72.5 Å². The lowest BCUT2D eigenvalue weighted by atomic mass is 10.1. The van der Waals surface area contributed by atoms with Crippen LogP contribution in [0.1, 0.15) is 26.3 Å². The number of hydrogen-bond donors (Lipinski definition) is 1. The van der Waals surface area contributed by atoms with E-state index in [4.69, 9.17) is 4.74 Å². The van der Waals surface area contributed by atoms with Crippen LogP contribution in [0.3, 0.4) is 0 Å². The maximum atomic E-state index is 12.0. The summed E-state index contributed by atoms with van der Waals surface area (Å²) in [5, 5.41) is 2.67. The number of benzene rings is 2. The van der Waals surface area contributed by atoms with Gasteiger partial charge >= 0.3 is 5.97 Å². The second kappa shape index (κ2) is 8.21. The van der Waals surface area contributed by atoms with Crippen LogP contribution in [0, 0.1) is 6.92 Å². The van der Waals surface area contributed by atoms with E-state index >= 15 is 0 Å². The molecule has 0 aliphatic heterocycles. The van der Waals surface area contributed by atoms with Crippen molar-refractivity contribution in [2.24, 2.45) is 0 Å². The molecule has 7 heteroatoms. The van der Waals surface area contributed by atoms with Crippen molar-refractivity contribution in [2.75, 3.05) is 11.9 Å². The van der Waals surface area contributed by atoms with Gasteiger partial charge in [0.05, 0.1) is 11.3 Å². The first-order valence-corrected chi connectivity index (χ1v) is 8.47. The van der Waals surface area contributed by atoms with Crippen LogP contribution >= 0.6 is 31.9 Å². The van der Waals surface area contributed by atoms with E-state index in [0.29, 0.717) is 17.5 Å². The third-order valence-corrected chi connectivity index (χ3v) is 4.32. The highest BCUT2D eigenvalue weighted by molar-refractivity contribution is 9.11. The number of carbonyl (C=O) groups excluding carboxylic acids is 3. The molecule has 0 aliphatic rings. The van der Waals surface area contributed by atoms with Crippen LogP contribution in [-0.4, -0.2) is 24.8 Å². The maximum absolute atomic E-state index is 12.0. The van der Waals surface area contributed by atoms with Crippen molar-refractivity contribution in [3.63, 3.8) is 0 Å². The van der Waals surface area contributed by atoms with E-state index in [9.17, 15) is 14.4 Å². The fourth-order valence-electron chi connectivity index (χ4n) is 1.91. The average molecular weight is 455 g/mol. The molecule has 24 heavy (non-hydrogen) atoms. The molecule has 0 radical (unpaired) electrons. The van der Waals surface area contributed by atoms with Crippen LogP contribution in [0.2, 0.25) is 0 Å². The number of halogens is 2. The van der Waals surface area contributed by atoms with Crippen LogP contribution in [-0.2, 0) is 9.53 Å². The summed E-state index contributed by atoms with van der Waals surface area (Å²) >= 11 is 6.75. The third kappa shape index (κ3) is 4.75. The fraction of sp³-hybridized carbons (Fsp3) is 0.118. The van der Waals surface area contributed by atoms with E-state index < -0.39 is 18.5 Å². The second-order valence-electron chi connectivity index (χ2n) is 4.97. The molecule has 0 aliphatic carbocycles. The van der Waals surface area contributed by atoms with Crippen LogP contribution in [0.4, 0.5) is 5.69 Å². The lowest BCUT2D eigenvalue weighted by Gasteiger charge is -2.11. The van der Waals surface area contributed by atoms with E-state index in [1.807, 2.05) is 19.1 Å². The Morgan fingerprint density at radius 2 is 1.71 bits per heavy atom. The Hall–Kier alpha value is -1.99. The summed E-state index contributed by atoms with van der Waals surface area (Å²) in [6.45, 7) is 1.51. The van der Waals surface area contributed by atoms with Crippen molar-refractivity contribution in [2.45, 2.75) is 6.92 Å². The summed E-state index contributed by atoms with van der Waals surface area (Å²) in [6.07, 6.45) is 0.680. The molecule has 5 nitrogen and oxygen atoms in total. The zero-order valence-electron chi connectivity index (χ0n) is 12.6. The molecule has 0 unspecified atom stereocenters. The largest absolute Gasteiger partial charge is 0.452 e. The van der Waals surface area contributed by atoms with Gasteiger partial charge in [0.1, 0.15) is 6.29 Å². The van der Waals surface area contributed by atoms with E-state index in [1.165, 1.54) is 24.3 Å². The number of nitrogens with one attached hydrogen (secondary N) is 1. The molecule has 0 aromatic heterocycles. The zero-order valence-corrected chi connectivity index (χ0v) is 15.8. The highest BCUT2D eigenvalue weighted by atomic mass is 79.9. The Balaban J connectivity index is 1.95. The van der Waals surface area contributed by atoms with Gasteiger partial charge in [-0.2, -0.15) is 0 Å². The van der Waals surface area contributed by atoms with E-state index in [-0.39, 0.29) is 5.56 Å². The van der Waals surface area contributed by atoms with Crippen molar-refractivity contribution in [3.8, 4) is 0 Å². The highest BCUT2D eigenvalue weighted by Crippen LogP contribution is 2.32. The molecule has 1 N–H and O–H groups in total. The smallest absolute Gasteiger partial charge is 0.338 e. The number of rotatable bonds is 5. The van der Waals surface area contributed by atoms with Gasteiger partial charge in [0.15, 0.2) is 6.61 Å². The predicted molar refractivity (Wildman–Crippen MR) is 97.3 cm³/mol. The lowest BCUT2D eigenvalue weighted by molar-refractivity contribution is -0.119. The first-order chi connectivity index (χ1) is 11.4. The molecule has 2 aromatic carbocycles. The Morgan fingerprint density at radius 1 is 1.12 bits per heavy atom. The minimum Gasteiger partial charge on any atom is -0.452 e. The molecule has 124 valence electrons. The molecular weight excluding hydrogens is 442 g/mol. The van der Waals surface area contributed by atoms with Crippen LogP contribution in [0.25, 0.3) is 0 Å². The number of esters is 1. The van der Waals surface area contributed by atoms with Gasteiger partial charge < -0.3 is 10.1 Å². The molecule has 0 heterocycles. The summed E-state index contributed by atoms with van der Waals surface area (Å²) < 4.78 is 6.41. The number of aryl methyl sites for hydroxylation is 1. The molecule has 1 amide bonds. The molecule has 0 bridgehead atoms. The summed E-state index contributed by atoms with van der Waals surface area (Å²) in [7, 11) is 0. The monoisotopic (exact) mass is 453 g/mol. The zero-order chi connectivity index (χ0) is 17.7. The van der Waals surface area contributed by atoms with Gasteiger partial charge in [-0.1, -0.05) is 12.1 Å². The van der Waals surface area contributed by atoms with Crippen molar-refractivity contribution in [3.05, 3.63) is 62.0 Å². The van der Waals surface area contributed by atoms with Crippen molar-refractivity contribution < 1.29 is 19.1 Å². The van der Waals surface area contributed by atoms with Crippen LogP contribution in [0.5, 0.6) is 0 Å². The first-order valence-electron chi connectivity index (χ1n) is 6.88. The summed E-state index contributed by atoms with van der Waals surface area (Å²) in [4.78, 5) is 34.4. The van der Waals surface area contributed by atoms with Gasteiger partial charge in [-0.05, 0) is 68.6 Å². The molecule has 2 rings (SSSR count). The third-order valence-electron chi connectivity index (χ3n) is 3.07. The minimum absolute atomic E-state index is 0.270. The van der Waals surface area contributed by atoms with E-state index in [2.05, 4.69) is 37.2 Å². The number of carbonyl (C=O) groups is 3. The van der Waals surface area contributed by atoms with E-state index in [1.54, 1.807) is 0 Å². The standard InChI is InChI=1S/C17H13Br2NO4/c1-10-6-13(18)16(14(19)7-10)20-15(22)9-24-17(23)12-4-2-11(8-21)3-5-12/h2-8H,9H2,1H3,(H,20,22). The minimum atomic E-state index is -0.635. The molecule has 2 aromatic rings. The Labute approximate surface area is 155 Å². The quantitative estimate of drug-likeness (QED) is 0.544. The van der Waals surface area contributed by atoms with E-state index in [0.717, 1.165) is 14.5 Å². The predicted octanol–water partition coefficient (Wildman–Crippen LogP) is 4.13. The van der Waals surface area contributed by atoms with Gasteiger partial charge in [-0.25, -0.2) is 4.79 Å². The van der Waals surface area contributed by atoms with Gasteiger partial charge in [0.2, 0.25) is 0 Å². The maximum Gasteiger partial charge on any atom is 0.338 e. The second-order valence-corrected chi connectivity index (χ2v) is 6.68. The van der Waals surface area contributed by atoms with Gasteiger partial charge in [-0.15, -0.1) is 0 Å². The normalized spacial score (nSPS) is 10.1. The molecule has 0 spiro atoms. The van der Waals surface area contributed by atoms with Gasteiger partial charge in [0.25, 0.3) is 5.91 Å². The number of amides is 1. The lowest BCUT2D eigenvalue weighted by Crippen LogP contribution is -2.21. The fourth-order valence-corrected chi connectivity index (χ4v) is 3.52. The molecule has 0 atom stereocenters. The molecule has 0 fully saturated rings. The van der Waals surface area contributed by atoms with Gasteiger partial charge in [-0.3, -0.25) is 9.59 Å². The van der Waals surface area contributed by atoms with Crippen LogP contribution in [0.15, 0.2) is 45.3 Å². The molecule has 0 saturated carbocycles. The van der Waals surface area contributed by atoms with Crippen molar-refractivity contribution >= 4 is 55.7 Å².